The summed E-state index contributed by atoms with van der Waals surface area (Å²) in [4.78, 5) is 0. The second-order valence-electron chi connectivity index (χ2n) is 3.34. The van der Waals surface area contributed by atoms with E-state index in [-0.39, 0.29) is 6.04 Å². The summed E-state index contributed by atoms with van der Waals surface area (Å²) in [7, 11) is 1.61. The van der Waals surface area contributed by atoms with Gasteiger partial charge in [0.1, 0.15) is 0 Å². The van der Waals surface area contributed by atoms with Gasteiger partial charge in [0.05, 0.1) is 6.61 Å². The van der Waals surface area contributed by atoms with E-state index in [0.29, 0.717) is 13.2 Å². The molecule has 0 spiro atoms. The molecule has 0 aliphatic carbocycles. The fraction of sp³-hybridized carbons (Fsp3) is 0.455. The standard InChI is InChI=1S/C11H15F2NO/c1-8(14-5-6-15-2)9-3-4-10(12)11(13)7-9/h3-4,7-8,14H,5-6H2,1-2H3/t8-/m1/s1. The van der Waals surface area contributed by atoms with E-state index in [2.05, 4.69) is 5.32 Å². The van der Waals surface area contributed by atoms with E-state index in [0.717, 1.165) is 11.6 Å². The first kappa shape index (κ1) is 12.1. The zero-order chi connectivity index (χ0) is 11.3. The fourth-order valence-corrected chi connectivity index (χ4v) is 1.28. The van der Waals surface area contributed by atoms with Crippen molar-refractivity contribution in [3.05, 3.63) is 35.4 Å². The second kappa shape index (κ2) is 5.78. The number of rotatable bonds is 5. The Balaban J connectivity index is 2.57. The number of benzene rings is 1. The van der Waals surface area contributed by atoms with Crippen LogP contribution < -0.4 is 5.32 Å². The van der Waals surface area contributed by atoms with Crippen molar-refractivity contribution in [3.8, 4) is 0 Å². The predicted octanol–water partition coefficient (Wildman–Crippen LogP) is 2.26. The van der Waals surface area contributed by atoms with Crippen molar-refractivity contribution in [2.24, 2.45) is 0 Å². The summed E-state index contributed by atoms with van der Waals surface area (Å²) in [6, 6.07) is 3.90. The van der Waals surface area contributed by atoms with Gasteiger partial charge in [-0.3, -0.25) is 0 Å². The first-order valence-electron chi connectivity index (χ1n) is 4.82. The van der Waals surface area contributed by atoms with Crippen LogP contribution in [0, 0.1) is 11.6 Å². The van der Waals surface area contributed by atoms with Gasteiger partial charge in [-0.1, -0.05) is 6.07 Å². The highest BCUT2D eigenvalue weighted by Gasteiger charge is 2.08. The predicted molar refractivity (Wildman–Crippen MR) is 54.7 cm³/mol. The van der Waals surface area contributed by atoms with Crippen LogP contribution in [0.2, 0.25) is 0 Å². The Hall–Kier alpha value is -1.00. The summed E-state index contributed by atoms with van der Waals surface area (Å²) >= 11 is 0. The average Bonchev–Trinajstić information content (AvgIpc) is 2.22. The number of hydrogen-bond acceptors (Lipinski definition) is 2. The molecule has 1 aromatic carbocycles. The fourth-order valence-electron chi connectivity index (χ4n) is 1.28. The molecule has 0 bridgehead atoms. The Morgan fingerprint density at radius 3 is 2.67 bits per heavy atom. The first-order valence-corrected chi connectivity index (χ1v) is 4.82. The zero-order valence-electron chi connectivity index (χ0n) is 8.89. The third-order valence-electron chi connectivity index (χ3n) is 2.20. The molecule has 1 N–H and O–H groups in total. The number of methoxy groups -OCH3 is 1. The van der Waals surface area contributed by atoms with Crippen LogP contribution in [0.4, 0.5) is 8.78 Å². The van der Waals surface area contributed by atoms with Gasteiger partial charge in [0.25, 0.3) is 0 Å². The number of ether oxygens (including phenoxy) is 1. The highest BCUT2D eigenvalue weighted by molar-refractivity contribution is 5.20. The Labute approximate surface area is 88.3 Å². The van der Waals surface area contributed by atoms with Crippen molar-refractivity contribution < 1.29 is 13.5 Å². The van der Waals surface area contributed by atoms with Crippen LogP contribution >= 0.6 is 0 Å². The molecule has 15 heavy (non-hydrogen) atoms. The Morgan fingerprint density at radius 2 is 2.07 bits per heavy atom. The van der Waals surface area contributed by atoms with Gasteiger partial charge in [-0.2, -0.15) is 0 Å². The van der Waals surface area contributed by atoms with Gasteiger partial charge < -0.3 is 10.1 Å². The van der Waals surface area contributed by atoms with Gasteiger partial charge in [-0.25, -0.2) is 8.78 Å². The van der Waals surface area contributed by atoms with Crippen molar-refractivity contribution in [1.29, 1.82) is 0 Å². The topological polar surface area (TPSA) is 21.3 Å². The molecule has 1 aromatic rings. The molecule has 0 saturated heterocycles. The maximum atomic E-state index is 12.9. The quantitative estimate of drug-likeness (QED) is 0.761. The normalized spacial score (nSPS) is 12.8. The summed E-state index contributed by atoms with van der Waals surface area (Å²) in [5.41, 5.74) is 0.727. The minimum absolute atomic E-state index is 0.0183. The van der Waals surface area contributed by atoms with E-state index in [4.69, 9.17) is 4.74 Å². The highest BCUT2D eigenvalue weighted by Crippen LogP contribution is 2.15. The molecule has 0 radical (unpaired) electrons. The molecular weight excluding hydrogens is 200 g/mol. The van der Waals surface area contributed by atoms with Crippen LogP contribution in [0.3, 0.4) is 0 Å². The van der Waals surface area contributed by atoms with Crippen molar-refractivity contribution >= 4 is 0 Å². The smallest absolute Gasteiger partial charge is 0.159 e. The largest absolute Gasteiger partial charge is 0.383 e. The van der Waals surface area contributed by atoms with Crippen molar-refractivity contribution in [1.82, 2.24) is 5.32 Å². The van der Waals surface area contributed by atoms with E-state index in [1.54, 1.807) is 13.2 Å². The molecule has 1 rings (SSSR count). The molecule has 0 aliphatic heterocycles. The van der Waals surface area contributed by atoms with Gasteiger partial charge in [-0.15, -0.1) is 0 Å². The minimum Gasteiger partial charge on any atom is -0.383 e. The van der Waals surface area contributed by atoms with Crippen molar-refractivity contribution in [2.75, 3.05) is 20.3 Å². The molecule has 0 saturated carbocycles. The molecule has 0 unspecified atom stereocenters. The summed E-state index contributed by atoms with van der Waals surface area (Å²) in [5.74, 6) is -1.63. The molecule has 0 aromatic heterocycles. The minimum atomic E-state index is -0.817. The van der Waals surface area contributed by atoms with Crippen LogP contribution in [0.5, 0.6) is 0 Å². The summed E-state index contributed by atoms with van der Waals surface area (Å²) in [6.45, 7) is 3.16. The third kappa shape index (κ3) is 3.57. The molecule has 0 aliphatic rings. The third-order valence-corrected chi connectivity index (χ3v) is 2.20. The lowest BCUT2D eigenvalue weighted by atomic mass is 10.1. The monoisotopic (exact) mass is 215 g/mol. The van der Waals surface area contributed by atoms with E-state index >= 15 is 0 Å². The molecule has 4 heteroatoms. The van der Waals surface area contributed by atoms with E-state index in [1.165, 1.54) is 6.07 Å². The average molecular weight is 215 g/mol. The first-order chi connectivity index (χ1) is 7.15. The molecule has 84 valence electrons. The Bertz CT molecular complexity index is 317. The van der Waals surface area contributed by atoms with E-state index in [1.807, 2.05) is 6.92 Å². The molecule has 2 nitrogen and oxygen atoms in total. The van der Waals surface area contributed by atoms with Gasteiger partial charge >= 0.3 is 0 Å². The summed E-state index contributed by atoms with van der Waals surface area (Å²) in [5, 5.41) is 3.13. The van der Waals surface area contributed by atoms with Crippen LogP contribution in [-0.2, 0) is 4.74 Å². The van der Waals surface area contributed by atoms with Crippen LogP contribution in [0.15, 0.2) is 18.2 Å². The van der Waals surface area contributed by atoms with Crippen LogP contribution in [0.25, 0.3) is 0 Å². The molecule has 0 amide bonds. The van der Waals surface area contributed by atoms with Gasteiger partial charge in [0.15, 0.2) is 11.6 Å². The lowest BCUT2D eigenvalue weighted by Gasteiger charge is -2.13. The van der Waals surface area contributed by atoms with Crippen LogP contribution in [-0.4, -0.2) is 20.3 Å². The lowest BCUT2D eigenvalue weighted by molar-refractivity contribution is 0.196. The van der Waals surface area contributed by atoms with Crippen molar-refractivity contribution in [2.45, 2.75) is 13.0 Å². The van der Waals surface area contributed by atoms with E-state index < -0.39 is 11.6 Å². The molecular formula is C11H15F2NO. The molecule has 0 fully saturated rings. The second-order valence-corrected chi connectivity index (χ2v) is 3.34. The Morgan fingerprint density at radius 1 is 1.33 bits per heavy atom. The van der Waals surface area contributed by atoms with E-state index in [9.17, 15) is 8.78 Å². The molecule has 1 atom stereocenters. The number of hydrogen-bond donors (Lipinski definition) is 1. The summed E-state index contributed by atoms with van der Waals surface area (Å²) < 4.78 is 30.4. The summed E-state index contributed by atoms with van der Waals surface area (Å²) in [6.07, 6.45) is 0. The number of nitrogens with one attached hydrogen (secondary N) is 1. The zero-order valence-corrected chi connectivity index (χ0v) is 8.89. The van der Waals surface area contributed by atoms with Gasteiger partial charge in [-0.05, 0) is 24.6 Å². The van der Waals surface area contributed by atoms with Crippen LogP contribution in [0.1, 0.15) is 18.5 Å². The van der Waals surface area contributed by atoms with Gasteiger partial charge in [0.2, 0.25) is 0 Å². The number of halogens is 2. The maximum absolute atomic E-state index is 12.9. The lowest BCUT2D eigenvalue weighted by Crippen LogP contribution is -2.22. The SMILES string of the molecule is COCCN[C@H](C)c1ccc(F)c(F)c1. The van der Waals surface area contributed by atoms with Gasteiger partial charge in [0, 0.05) is 19.7 Å². The van der Waals surface area contributed by atoms with Crippen molar-refractivity contribution in [3.63, 3.8) is 0 Å². The highest BCUT2D eigenvalue weighted by atomic mass is 19.2. The maximum Gasteiger partial charge on any atom is 0.159 e. The Kier molecular flexibility index (Phi) is 4.65. The molecule has 0 heterocycles.